The van der Waals surface area contributed by atoms with Crippen molar-refractivity contribution >= 4 is 39.8 Å². The largest absolute Gasteiger partial charge is 0.464 e. The number of esters is 1. The van der Waals surface area contributed by atoms with E-state index in [9.17, 15) is 4.79 Å². The summed E-state index contributed by atoms with van der Waals surface area (Å²) in [5.41, 5.74) is 4.41. The Morgan fingerprint density at radius 3 is 2.63 bits per heavy atom. The monoisotopic (exact) mass is 383 g/mol. The summed E-state index contributed by atoms with van der Waals surface area (Å²) in [5.74, 6) is 1.23. The first-order chi connectivity index (χ1) is 12.9. The van der Waals surface area contributed by atoms with E-state index in [0.717, 1.165) is 33.8 Å². The lowest BCUT2D eigenvalue weighted by molar-refractivity contribution is 0.0594. The highest BCUT2D eigenvalue weighted by Crippen LogP contribution is 2.26. The number of hydrogen-bond acceptors (Lipinski definition) is 5. The molecule has 0 fully saturated rings. The van der Waals surface area contributed by atoms with Gasteiger partial charge in [0, 0.05) is 12.1 Å². The lowest BCUT2D eigenvalue weighted by Crippen LogP contribution is -2.05. The number of hydrogen-bond donors (Lipinski definition) is 0. The second kappa shape index (κ2) is 6.35. The zero-order chi connectivity index (χ0) is 19.3. The van der Waals surface area contributed by atoms with Crippen molar-refractivity contribution in [2.75, 3.05) is 7.11 Å². The summed E-state index contributed by atoms with van der Waals surface area (Å²) in [6, 6.07) is 7.41. The highest BCUT2D eigenvalue weighted by molar-refractivity contribution is 6.32. The molecule has 1 aromatic carbocycles. The molecule has 4 aromatic rings. The predicted octanol–water partition coefficient (Wildman–Crippen LogP) is 3.42. The van der Waals surface area contributed by atoms with E-state index >= 15 is 0 Å². The average Bonchev–Trinajstić information content (AvgIpc) is 3.10. The SMILES string of the molecule is COC(=O)c1ccc2c(n1)nc(C)n2Cc1cc2nc(C)n(C)c2cc1Cl. The van der Waals surface area contributed by atoms with Gasteiger partial charge in [-0.05, 0) is 43.7 Å². The van der Waals surface area contributed by atoms with Crippen LogP contribution in [0.2, 0.25) is 5.02 Å². The minimum Gasteiger partial charge on any atom is -0.464 e. The van der Waals surface area contributed by atoms with Gasteiger partial charge in [-0.3, -0.25) is 0 Å². The fraction of sp³-hybridized carbons (Fsp3) is 0.263. The molecular weight excluding hydrogens is 366 g/mol. The third kappa shape index (κ3) is 2.84. The lowest BCUT2D eigenvalue weighted by Gasteiger charge is -2.09. The first kappa shape index (κ1) is 17.5. The van der Waals surface area contributed by atoms with Gasteiger partial charge in [0.05, 0.1) is 30.2 Å². The Hall–Kier alpha value is -2.93. The molecule has 0 aliphatic heterocycles. The number of nitrogens with zero attached hydrogens (tertiary/aromatic N) is 5. The maximum atomic E-state index is 11.7. The zero-order valence-corrected chi connectivity index (χ0v) is 16.2. The molecule has 8 heteroatoms. The summed E-state index contributed by atoms with van der Waals surface area (Å²) in [4.78, 5) is 25.1. The molecule has 0 saturated carbocycles. The van der Waals surface area contributed by atoms with Gasteiger partial charge < -0.3 is 13.9 Å². The first-order valence-corrected chi connectivity index (χ1v) is 8.80. The molecule has 0 saturated heterocycles. The summed E-state index contributed by atoms with van der Waals surface area (Å²) in [7, 11) is 3.30. The Morgan fingerprint density at radius 2 is 1.89 bits per heavy atom. The van der Waals surface area contributed by atoms with Crippen LogP contribution in [-0.4, -0.2) is 37.2 Å². The van der Waals surface area contributed by atoms with E-state index in [1.54, 1.807) is 6.07 Å². The lowest BCUT2D eigenvalue weighted by atomic mass is 10.2. The molecule has 7 nitrogen and oxygen atoms in total. The molecule has 3 aromatic heterocycles. The maximum Gasteiger partial charge on any atom is 0.356 e. The summed E-state index contributed by atoms with van der Waals surface area (Å²) < 4.78 is 8.76. The number of carbonyl (C=O) groups excluding carboxylic acids is 1. The first-order valence-electron chi connectivity index (χ1n) is 8.42. The number of halogens is 1. The summed E-state index contributed by atoms with van der Waals surface area (Å²) >= 11 is 6.54. The van der Waals surface area contributed by atoms with E-state index in [1.165, 1.54) is 7.11 Å². The van der Waals surface area contributed by atoms with Crippen LogP contribution in [0.3, 0.4) is 0 Å². The Kier molecular flexibility index (Phi) is 4.11. The Bertz CT molecular complexity index is 1210. The molecule has 3 heterocycles. The Balaban J connectivity index is 1.79. The van der Waals surface area contributed by atoms with E-state index < -0.39 is 5.97 Å². The molecule has 27 heavy (non-hydrogen) atoms. The van der Waals surface area contributed by atoms with Gasteiger partial charge in [-0.25, -0.2) is 19.7 Å². The number of pyridine rings is 1. The van der Waals surface area contributed by atoms with Crippen molar-refractivity contribution in [2.24, 2.45) is 7.05 Å². The van der Waals surface area contributed by atoms with Gasteiger partial charge in [-0.2, -0.15) is 0 Å². The molecule has 0 N–H and O–H groups in total. The van der Waals surface area contributed by atoms with Gasteiger partial charge >= 0.3 is 5.97 Å². The fourth-order valence-corrected chi connectivity index (χ4v) is 3.43. The molecule has 0 atom stereocenters. The summed E-state index contributed by atoms with van der Waals surface area (Å²) in [6.45, 7) is 4.40. The molecule has 0 amide bonds. The molecular formula is C19H18ClN5O2. The van der Waals surface area contributed by atoms with Gasteiger partial charge in [-0.1, -0.05) is 11.6 Å². The Morgan fingerprint density at radius 1 is 1.11 bits per heavy atom. The van der Waals surface area contributed by atoms with E-state index in [2.05, 4.69) is 15.0 Å². The van der Waals surface area contributed by atoms with Gasteiger partial charge in [0.2, 0.25) is 0 Å². The van der Waals surface area contributed by atoms with Gasteiger partial charge in [0.1, 0.15) is 11.6 Å². The smallest absolute Gasteiger partial charge is 0.356 e. The second-order valence-electron chi connectivity index (χ2n) is 6.43. The summed E-state index contributed by atoms with van der Waals surface area (Å²) in [6.07, 6.45) is 0. The van der Waals surface area contributed by atoms with Crippen molar-refractivity contribution in [3.05, 3.63) is 52.2 Å². The van der Waals surface area contributed by atoms with Crippen LogP contribution in [0, 0.1) is 13.8 Å². The molecule has 0 unspecified atom stereocenters. The number of benzene rings is 1. The highest BCUT2D eigenvalue weighted by Gasteiger charge is 2.15. The van der Waals surface area contributed by atoms with Crippen LogP contribution in [0.5, 0.6) is 0 Å². The van der Waals surface area contributed by atoms with Crippen molar-refractivity contribution < 1.29 is 9.53 Å². The van der Waals surface area contributed by atoms with E-state index in [0.29, 0.717) is 17.2 Å². The third-order valence-electron chi connectivity index (χ3n) is 4.80. The molecule has 0 radical (unpaired) electrons. The van der Waals surface area contributed by atoms with Crippen LogP contribution in [0.15, 0.2) is 24.3 Å². The standard InChI is InChI=1S/C19H18ClN5O2/c1-10-21-15-7-12(13(20)8-17(15)24(10)3)9-25-11(2)22-18-16(25)6-5-14(23-18)19(26)27-4/h5-8H,9H2,1-4H3. The number of ether oxygens (including phenoxy) is 1. The minimum absolute atomic E-state index is 0.234. The molecule has 0 spiro atoms. The molecule has 0 bridgehead atoms. The highest BCUT2D eigenvalue weighted by atomic mass is 35.5. The van der Waals surface area contributed by atoms with Crippen LogP contribution in [0.4, 0.5) is 0 Å². The normalized spacial score (nSPS) is 11.4. The number of methoxy groups -OCH3 is 1. The van der Waals surface area contributed by atoms with Crippen molar-refractivity contribution in [1.29, 1.82) is 0 Å². The van der Waals surface area contributed by atoms with Crippen LogP contribution in [0.25, 0.3) is 22.2 Å². The van der Waals surface area contributed by atoms with E-state index in [4.69, 9.17) is 16.3 Å². The number of rotatable bonds is 3. The maximum absolute atomic E-state index is 11.7. The van der Waals surface area contributed by atoms with Crippen LogP contribution < -0.4 is 0 Å². The van der Waals surface area contributed by atoms with Gasteiger partial charge in [0.25, 0.3) is 0 Å². The number of aryl methyl sites for hydroxylation is 3. The van der Waals surface area contributed by atoms with Crippen LogP contribution in [0.1, 0.15) is 27.7 Å². The zero-order valence-electron chi connectivity index (χ0n) is 15.4. The predicted molar refractivity (Wildman–Crippen MR) is 103 cm³/mol. The number of carbonyl (C=O) groups is 1. The molecule has 0 aliphatic rings. The van der Waals surface area contributed by atoms with Crippen molar-refractivity contribution in [3.63, 3.8) is 0 Å². The van der Waals surface area contributed by atoms with Crippen molar-refractivity contribution in [3.8, 4) is 0 Å². The fourth-order valence-electron chi connectivity index (χ4n) is 3.21. The van der Waals surface area contributed by atoms with Gasteiger partial charge in [-0.15, -0.1) is 0 Å². The second-order valence-corrected chi connectivity index (χ2v) is 6.83. The topological polar surface area (TPSA) is 74.8 Å². The third-order valence-corrected chi connectivity index (χ3v) is 5.15. The average molecular weight is 384 g/mol. The van der Waals surface area contributed by atoms with Crippen molar-refractivity contribution in [2.45, 2.75) is 20.4 Å². The van der Waals surface area contributed by atoms with Crippen molar-refractivity contribution in [1.82, 2.24) is 24.1 Å². The molecule has 0 aliphatic carbocycles. The van der Waals surface area contributed by atoms with Crippen LogP contribution >= 0.6 is 11.6 Å². The summed E-state index contributed by atoms with van der Waals surface area (Å²) in [5, 5.41) is 0.672. The Labute approximate surface area is 160 Å². The number of imidazole rings is 2. The molecule has 138 valence electrons. The number of fused-ring (bicyclic) bond motifs is 2. The quantitative estimate of drug-likeness (QED) is 0.507. The van der Waals surface area contributed by atoms with E-state index in [-0.39, 0.29) is 5.69 Å². The van der Waals surface area contributed by atoms with E-state index in [1.807, 2.05) is 48.2 Å². The van der Waals surface area contributed by atoms with Crippen LogP contribution in [-0.2, 0) is 18.3 Å². The molecule has 4 rings (SSSR count). The minimum atomic E-state index is -0.483. The van der Waals surface area contributed by atoms with Gasteiger partial charge in [0.15, 0.2) is 11.3 Å². The number of aromatic nitrogens is 5.